The lowest BCUT2D eigenvalue weighted by molar-refractivity contribution is 1.06. The molecule has 8 heteroatoms. The fraction of sp³-hybridized carbons (Fsp3) is 0. The first-order valence-corrected chi connectivity index (χ1v) is 21.0. The van der Waals surface area contributed by atoms with Gasteiger partial charge in [0.2, 0.25) is 0 Å². The molecule has 0 spiro atoms. The SMILES string of the molecule is [2H]c1c([2H])c([2H])c(-c2nc(-c3ccc(-n4c5ccccc5c5ccc6c(c7ccccc7n6-c6ccccc6)c54)c(-c4nc(-c5c([2H])c([2H])c([2H])c([2H])c5[2H])nc(-c5c([2H])c([2H])c([2H])c([2H])c5[2H])n4)c3)nc(-c3c([2H])c([2H])c([2H])c([2H])c3[2H])n2)c([2H])c1[2H]. The molecule has 0 saturated carbocycles. The van der Waals surface area contributed by atoms with Gasteiger partial charge in [0.1, 0.15) is 0 Å². The topological polar surface area (TPSA) is 87.2 Å². The minimum absolute atomic E-state index is 0.0101. The molecule has 0 aliphatic rings. The minimum Gasteiger partial charge on any atom is -0.309 e. The van der Waals surface area contributed by atoms with Crippen molar-refractivity contribution in [1.82, 2.24) is 39.0 Å². The van der Waals surface area contributed by atoms with E-state index in [9.17, 15) is 0 Å². The van der Waals surface area contributed by atoms with Crippen LogP contribution in [0, 0.1) is 0 Å². The Hall–Kier alpha value is -9.40. The van der Waals surface area contributed by atoms with E-state index in [4.69, 9.17) is 47.4 Å². The number of nitrogens with zero attached hydrogens (tertiary/aromatic N) is 8. The standard InChI is InChI=1S/C60H38N8/c1-6-20-39(21-7-1)55-61-56(40-22-8-2-9-23-40)64-59(63-55)43-34-36-51(48(38-43)60-65-57(41-24-10-3-11-25-41)62-58(66-60)42-26-12-4-13-27-42)68-49-32-18-16-30-45(49)46-35-37-52-53(54(46)68)47-31-17-19-33-50(47)67(52)44-28-14-5-15-29-44/h1-38H/i1D,2D,3D,4D,6D,7D,8D,9D,10D,11D,12D,13D,20D,21D,22D,23D,24D,25D,26D,27D. The Morgan fingerprint density at radius 1 is 0.324 bits per heavy atom. The molecule has 9 aromatic carbocycles. The van der Waals surface area contributed by atoms with Crippen LogP contribution in [0.4, 0.5) is 0 Å². The van der Waals surface area contributed by atoms with E-state index in [1.807, 2.05) is 95.6 Å². The molecule has 13 rings (SSSR count). The fourth-order valence-corrected chi connectivity index (χ4v) is 8.56. The van der Waals surface area contributed by atoms with Crippen LogP contribution in [0.2, 0.25) is 0 Å². The smallest absolute Gasteiger partial charge is 0.166 e. The molecule has 0 saturated heterocycles. The van der Waals surface area contributed by atoms with Gasteiger partial charge in [-0.15, -0.1) is 0 Å². The van der Waals surface area contributed by atoms with Crippen LogP contribution in [-0.2, 0) is 0 Å². The second-order valence-corrected chi connectivity index (χ2v) is 15.2. The number of hydrogen-bond donors (Lipinski definition) is 0. The highest BCUT2D eigenvalue weighted by Gasteiger charge is 2.25. The molecule has 68 heavy (non-hydrogen) atoms. The van der Waals surface area contributed by atoms with Crippen LogP contribution >= 0.6 is 0 Å². The van der Waals surface area contributed by atoms with Crippen molar-refractivity contribution >= 4 is 43.6 Å². The Morgan fingerprint density at radius 2 is 0.765 bits per heavy atom. The summed E-state index contributed by atoms with van der Waals surface area (Å²) >= 11 is 0. The van der Waals surface area contributed by atoms with E-state index in [-0.39, 0.29) is 28.5 Å². The van der Waals surface area contributed by atoms with Gasteiger partial charge in [-0.25, -0.2) is 29.9 Å². The Balaban J connectivity index is 1.22. The number of hydrogen-bond acceptors (Lipinski definition) is 6. The summed E-state index contributed by atoms with van der Waals surface area (Å²) < 4.78 is 179. The molecule has 0 amide bonds. The maximum absolute atomic E-state index is 9.13. The molecule has 0 fully saturated rings. The molecule has 318 valence electrons. The van der Waals surface area contributed by atoms with Gasteiger partial charge in [0.15, 0.2) is 34.9 Å². The summed E-state index contributed by atoms with van der Waals surface area (Å²) in [4.78, 5) is 28.2. The van der Waals surface area contributed by atoms with E-state index in [1.165, 1.54) is 6.07 Å². The molecule has 8 nitrogen and oxygen atoms in total. The van der Waals surface area contributed by atoms with Crippen LogP contribution in [-0.4, -0.2) is 39.0 Å². The zero-order valence-electron chi connectivity index (χ0n) is 55.0. The third-order valence-electron chi connectivity index (χ3n) is 11.4. The molecule has 4 heterocycles. The molecule has 13 aromatic rings. The van der Waals surface area contributed by atoms with E-state index in [0.717, 1.165) is 38.3 Å². The zero-order valence-corrected chi connectivity index (χ0v) is 35.0. The molecule has 0 aliphatic carbocycles. The summed E-state index contributed by atoms with van der Waals surface area (Å²) in [6.45, 7) is 0. The van der Waals surface area contributed by atoms with Gasteiger partial charge in [0.25, 0.3) is 0 Å². The molecule has 0 bridgehead atoms. The van der Waals surface area contributed by atoms with Gasteiger partial charge in [-0.05, 0) is 48.5 Å². The summed E-state index contributed by atoms with van der Waals surface area (Å²) in [5, 5.41) is 3.16. The van der Waals surface area contributed by atoms with Gasteiger partial charge >= 0.3 is 0 Å². The number of rotatable bonds is 8. The first kappa shape index (κ1) is 23.7. The summed E-state index contributed by atoms with van der Waals surface area (Å²) in [5.41, 5.74) is 1.85. The van der Waals surface area contributed by atoms with Crippen molar-refractivity contribution in [2.75, 3.05) is 0 Å². The maximum Gasteiger partial charge on any atom is 0.166 e. The number of fused-ring (bicyclic) bond motifs is 7. The van der Waals surface area contributed by atoms with Crippen LogP contribution < -0.4 is 0 Å². The van der Waals surface area contributed by atoms with Gasteiger partial charge < -0.3 is 9.13 Å². The number of benzene rings is 9. The van der Waals surface area contributed by atoms with E-state index in [0.29, 0.717) is 11.0 Å². The monoisotopic (exact) mass is 890 g/mol. The van der Waals surface area contributed by atoms with E-state index >= 15 is 0 Å². The van der Waals surface area contributed by atoms with Crippen molar-refractivity contribution in [2.45, 2.75) is 0 Å². The Labute approximate surface area is 419 Å². The van der Waals surface area contributed by atoms with E-state index in [1.54, 1.807) is 12.1 Å². The van der Waals surface area contributed by atoms with Crippen molar-refractivity contribution in [3.8, 4) is 79.7 Å². The fourth-order valence-electron chi connectivity index (χ4n) is 8.56. The average molecular weight is 891 g/mol. The summed E-state index contributed by atoms with van der Waals surface area (Å²) in [6.07, 6.45) is 0. The second-order valence-electron chi connectivity index (χ2n) is 15.2. The molecule has 4 aromatic heterocycles. The average Bonchev–Trinajstić information content (AvgIpc) is 1.59. The quantitative estimate of drug-likeness (QED) is 0.151. The van der Waals surface area contributed by atoms with Crippen LogP contribution in [0.1, 0.15) is 27.4 Å². The summed E-state index contributed by atoms with van der Waals surface area (Å²) in [7, 11) is 0. The van der Waals surface area contributed by atoms with Gasteiger partial charge in [0, 0.05) is 60.6 Å². The molecular weight excluding hydrogens is 833 g/mol. The lowest BCUT2D eigenvalue weighted by Crippen LogP contribution is -2.05. The van der Waals surface area contributed by atoms with Crippen LogP contribution in [0.5, 0.6) is 0 Å². The van der Waals surface area contributed by atoms with E-state index in [2.05, 4.69) is 14.5 Å². The minimum atomic E-state index is -0.770. The lowest BCUT2D eigenvalue weighted by Gasteiger charge is -2.17. The summed E-state index contributed by atoms with van der Waals surface area (Å²) in [5.74, 6) is -3.05. The van der Waals surface area contributed by atoms with Crippen molar-refractivity contribution in [3.05, 3.63) is 230 Å². The van der Waals surface area contributed by atoms with Crippen molar-refractivity contribution in [3.63, 3.8) is 0 Å². The Kier molecular flexibility index (Phi) is 5.66. The number of aromatic nitrogens is 8. The predicted octanol–water partition coefficient (Wildman–Crippen LogP) is 14.3. The molecule has 0 N–H and O–H groups in total. The van der Waals surface area contributed by atoms with Crippen molar-refractivity contribution < 1.29 is 27.4 Å². The molecular formula is C60H38N8. The third-order valence-corrected chi connectivity index (χ3v) is 11.4. The predicted molar refractivity (Wildman–Crippen MR) is 275 cm³/mol. The molecule has 0 aliphatic heterocycles. The zero-order chi connectivity index (χ0) is 62.4. The van der Waals surface area contributed by atoms with Crippen LogP contribution in [0.3, 0.4) is 0 Å². The van der Waals surface area contributed by atoms with Gasteiger partial charge in [-0.1, -0.05) is 182 Å². The Morgan fingerprint density at radius 3 is 1.29 bits per heavy atom. The highest BCUT2D eigenvalue weighted by Crippen LogP contribution is 2.44. The molecule has 0 atom stereocenters. The van der Waals surface area contributed by atoms with E-state index < -0.39 is 166 Å². The second kappa shape index (κ2) is 16.2. The summed E-state index contributed by atoms with van der Waals surface area (Å²) in [6, 6.07) is 18.6. The van der Waals surface area contributed by atoms with Crippen LogP contribution in [0.25, 0.3) is 123 Å². The number of para-hydroxylation sites is 3. The maximum atomic E-state index is 9.13. The van der Waals surface area contributed by atoms with Gasteiger partial charge in [-0.2, -0.15) is 0 Å². The highest BCUT2D eigenvalue weighted by atomic mass is 15.1. The van der Waals surface area contributed by atoms with Crippen LogP contribution in [0.15, 0.2) is 230 Å². The third kappa shape index (κ3) is 6.62. The molecule has 0 radical (unpaired) electrons. The first-order chi connectivity index (χ1) is 42.0. The lowest BCUT2D eigenvalue weighted by atomic mass is 10.0. The highest BCUT2D eigenvalue weighted by molar-refractivity contribution is 6.26. The normalized spacial score (nSPS) is 15.6. The Bertz CT molecular complexity index is 4950. The van der Waals surface area contributed by atoms with Gasteiger partial charge in [0.05, 0.1) is 55.2 Å². The first-order valence-electron chi connectivity index (χ1n) is 31.0. The van der Waals surface area contributed by atoms with Crippen molar-refractivity contribution in [1.29, 1.82) is 0 Å². The molecule has 0 unspecified atom stereocenters. The van der Waals surface area contributed by atoms with Crippen molar-refractivity contribution in [2.24, 2.45) is 0 Å². The van der Waals surface area contributed by atoms with Gasteiger partial charge in [-0.3, -0.25) is 0 Å². The largest absolute Gasteiger partial charge is 0.309 e.